The van der Waals surface area contributed by atoms with E-state index in [-0.39, 0.29) is 0 Å². The Hall–Kier alpha value is -1.91. The molecule has 1 aromatic heterocycles. The highest BCUT2D eigenvalue weighted by Crippen LogP contribution is 2.23. The van der Waals surface area contributed by atoms with Crippen LogP contribution < -0.4 is 5.32 Å². The maximum atomic E-state index is 5.22. The van der Waals surface area contributed by atoms with Crippen molar-refractivity contribution < 1.29 is 4.74 Å². The standard InChI is InChI=1S/C20H27N3O/c1-16-13-23(14-19-7-3-4-10-21-19)11-9-20(16)22-18-8-5-6-17(12-18)15-24-2/h3-8,10,12,16,20,22H,9,11,13-15H2,1-2H3/t16-,20-/m0/s1. The molecule has 0 radical (unpaired) electrons. The van der Waals surface area contributed by atoms with Crippen LogP contribution in [0.4, 0.5) is 5.69 Å². The van der Waals surface area contributed by atoms with Crippen LogP contribution in [0.3, 0.4) is 0 Å². The molecule has 4 heteroatoms. The van der Waals surface area contributed by atoms with Crippen molar-refractivity contribution >= 4 is 5.69 Å². The van der Waals surface area contributed by atoms with E-state index in [0.29, 0.717) is 18.6 Å². The Morgan fingerprint density at radius 1 is 1.25 bits per heavy atom. The largest absolute Gasteiger partial charge is 0.382 e. The number of aromatic nitrogens is 1. The fourth-order valence-corrected chi connectivity index (χ4v) is 3.44. The summed E-state index contributed by atoms with van der Waals surface area (Å²) in [5.74, 6) is 0.605. The third-order valence-corrected chi connectivity index (χ3v) is 4.69. The number of hydrogen-bond donors (Lipinski definition) is 1. The molecule has 0 saturated carbocycles. The van der Waals surface area contributed by atoms with Crippen LogP contribution >= 0.6 is 0 Å². The topological polar surface area (TPSA) is 37.4 Å². The van der Waals surface area contributed by atoms with Crippen molar-refractivity contribution in [3.63, 3.8) is 0 Å². The Bertz CT molecular complexity index is 632. The molecule has 1 aliphatic heterocycles. The highest BCUT2D eigenvalue weighted by Gasteiger charge is 2.26. The summed E-state index contributed by atoms with van der Waals surface area (Å²) >= 11 is 0. The number of methoxy groups -OCH3 is 1. The molecule has 1 fully saturated rings. The van der Waals surface area contributed by atoms with E-state index < -0.39 is 0 Å². The molecule has 1 aliphatic rings. The lowest BCUT2D eigenvalue weighted by atomic mass is 9.93. The average molecular weight is 325 g/mol. The minimum Gasteiger partial charge on any atom is -0.382 e. The molecule has 128 valence electrons. The monoisotopic (exact) mass is 325 g/mol. The van der Waals surface area contributed by atoms with Gasteiger partial charge in [-0.2, -0.15) is 0 Å². The first-order valence-corrected chi connectivity index (χ1v) is 8.71. The molecule has 2 atom stereocenters. The van der Waals surface area contributed by atoms with E-state index in [1.807, 2.05) is 12.3 Å². The zero-order valence-corrected chi connectivity index (χ0v) is 14.6. The minimum absolute atomic E-state index is 0.516. The van der Waals surface area contributed by atoms with E-state index >= 15 is 0 Å². The van der Waals surface area contributed by atoms with Crippen molar-refractivity contribution in [2.75, 3.05) is 25.5 Å². The molecule has 1 aromatic carbocycles. The Kier molecular flexibility index (Phi) is 5.83. The van der Waals surface area contributed by atoms with Crippen LogP contribution in [0.5, 0.6) is 0 Å². The second kappa shape index (κ2) is 8.27. The van der Waals surface area contributed by atoms with E-state index in [4.69, 9.17) is 4.74 Å². The number of hydrogen-bond acceptors (Lipinski definition) is 4. The molecule has 4 nitrogen and oxygen atoms in total. The van der Waals surface area contributed by atoms with E-state index in [0.717, 1.165) is 31.7 Å². The van der Waals surface area contributed by atoms with Gasteiger partial charge in [0, 0.05) is 44.7 Å². The van der Waals surface area contributed by atoms with Gasteiger partial charge in [0.15, 0.2) is 0 Å². The summed E-state index contributed by atoms with van der Waals surface area (Å²) in [5, 5.41) is 3.72. The summed E-state index contributed by atoms with van der Waals surface area (Å²) in [5.41, 5.74) is 3.56. The maximum Gasteiger partial charge on any atom is 0.0713 e. The Labute approximate surface area is 144 Å². The SMILES string of the molecule is COCc1cccc(N[C@H]2CCN(Cc3ccccn3)C[C@@H]2C)c1. The lowest BCUT2D eigenvalue weighted by molar-refractivity contribution is 0.163. The van der Waals surface area contributed by atoms with Gasteiger partial charge in [-0.15, -0.1) is 0 Å². The smallest absolute Gasteiger partial charge is 0.0713 e. The van der Waals surface area contributed by atoms with E-state index in [1.54, 1.807) is 7.11 Å². The summed E-state index contributed by atoms with van der Waals surface area (Å²) in [4.78, 5) is 6.95. The van der Waals surface area contributed by atoms with Gasteiger partial charge in [-0.3, -0.25) is 9.88 Å². The zero-order valence-electron chi connectivity index (χ0n) is 14.6. The first-order chi connectivity index (χ1) is 11.7. The van der Waals surface area contributed by atoms with Crippen molar-refractivity contribution in [3.8, 4) is 0 Å². The third-order valence-electron chi connectivity index (χ3n) is 4.69. The average Bonchev–Trinajstić information content (AvgIpc) is 2.59. The van der Waals surface area contributed by atoms with Crippen molar-refractivity contribution in [1.29, 1.82) is 0 Å². The number of nitrogens with zero attached hydrogens (tertiary/aromatic N) is 2. The van der Waals surface area contributed by atoms with Crippen molar-refractivity contribution in [2.24, 2.45) is 5.92 Å². The summed E-state index contributed by atoms with van der Waals surface area (Å²) in [6.45, 7) is 6.15. The van der Waals surface area contributed by atoms with Crippen LogP contribution in [0.2, 0.25) is 0 Å². The van der Waals surface area contributed by atoms with Crippen LogP contribution in [0.1, 0.15) is 24.6 Å². The number of rotatable bonds is 6. The highest BCUT2D eigenvalue weighted by molar-refractivity contribution is 5.46. The van der Waals surface area contributed by atoms with Crippen molar-refractivity contribution in [2.45, 2.75) is 32.5 Å². The van der Waals surface area contributed by atoms with Gasteiger partial charge in [0.25, 0.3) is 0 Å². The molecule has 0 bridgehead atoms. The van der Waals surface area contributed by atoms with E-state index in [1.165, 1.54) is 11.3 Å². The Balaban J connectivity index is 1.55. The number of ether oxygens (including phenoxy) is 1. The van der Waals surface area contributed by atoms with Crippen molar-refractivity contribution in [3.05, 3.63) is 59.9 Å². The third kappa shape index (κ3) is 4.56. The Morgan fingerprint density at radius 2 is 2.17 bits per heavy atom. The molecule has 1 N–H and O–H groups in total. The van der Waals surface area contributed by atoms with Crippen molar-refractivity contribution in [1.82, 2.24) is 9.88 Å². The molecule has 0 unspecified atom stereocenters. The van der Waals surface area contributed by atoms with Gasteiger partial charge in [0.1, 0.15) is 0 Å². The summed E-state index contributed by atoms with van der Waals surface area (Å²) in [7, 11) is 1.74. The fraction of sp³-hybridized carbons (Fsp3) is 0.450. The maximum absolute atomic E-state index is 5.22. The fourth-order valence-electron chi connectivity index (χ4n) is 3.44. The van der Waals surface area contributed by atoms with Crippen LogP contribution in [0.25, 0.3) is 0 Å². The van der Waals surface area contributed by atoms with Crippen LogP contribution in [0, 0.1) is 5.92 Å². The number of piperidine rings is 1. The predicted molar refractivity (Wildman–Crippen MR) is 97.9 cm³/mol. The molecular formula is C20H27N3O. The summed E-state index contributed by atoms with van der Waals surface area (Å²) in [6, 6.07) is 15.2. The zero-order chi connectivity index (χ0) is 16.8. The summed E-state index contributed by atoms with van der Waals surface area (Å²) in [6.07, 6.45) is 3.03. The molecule has 2 aromatic rings. The van der Waals surface area contributed by atoms with Gasteiger partial charge >= 0.3 is 0 Å². The van der Waals surface area contributed by atoms with Gasteiger partial charge in [-0.25, -0.2) is 0 Å². The normalized spacial score (nSPS) is 21.6. The molecular weight excluding hydrogens is 298 g/mol. The van der Waals surface area contributed by atoms with Crippen LogP contribution in [0.15, 0.2) is 48.7 Å². The quantitative estimate of drug-likeness (QED) is 0.881. The highest BCUT2D eigenvalue weighted by atomic mass is 16.5. The van der Waals surface area contributed by atoms with E-state index in [9.17, 15) is 0 Å². The summed E-state index contributed by atoms with van der Waals surface area (Å²) < 4.78 is 5.22. The lowest BCUT2D eigenvalue weighted by Gasteiger charge is -2.37. The predicted octanol–water partition coefficient (Wildman–Crippen LogP) is 3.55. The molecule has 1 saturated heterocycles. The molecule has 0 spiro atoms. The first-order valence-electron chi connectivity index (χ1n) is 8.71. The van der Waals surface area contributed by atoms with Gasteiger partial charge < -0.3 is 10.1 Å². The van der Waals surface area contributed by atoms with Crippen LogP contribution in [-0.4, -0.2) is 36.1 Å². The molecule has 3 rings (SSSR count). The second-order valence-electron chi connectivity index (χ2n) is 6.71. The van der Waals surface area contributed by atoms with Gasteiger partial charge in [0.2, 0.25) is 0 Å². The number of nitrogens with one attached hydrogen (secondary N) is 1. The van der Waals surface area contributed by atoms with Gasteiger partial charge in [0.05, 0.1) is 12.3 Å². The number of likely N-dealkylation sites (tertiary alicyclic amines) is 1. The number of pyridine rings is 1. The van der Waals surface area contributed by atoms with Gasteiger partial charge in [-0.1, -0.05) is 25.1 Å². The molecule has 0 amide bonds. The second-order valence-corrected chi connectivity index (χ2v) is 6.71. The number of benzene rings is 1. The Morgan fingerprint density at radius 3 is 2.92 bits per heavy atom. The van der Waals surface area contributed by atoms with Gasteiger partial charge in [-0.05, 0) is 42.2 Å². The molecule has 2 heterocycles. The number of anilines is 1. The molecule has 24 heavy (non-hydrogen) atoms. The minimum atomic E-state index is 0.516. The lowest BCUT2D eigenvalue weighted by Crippen LogP contribution is -2.44. The van der Waals surface area contributed by atoms with E-state index in [2.05, 4.69) is 58.5 Å². The molecule has 0 aliphatic carbocycles. The first kappa shape index (κ1) is 16.9. The van der Waals surface area contributed by atoms with Crippen LogP contribution in [-0.2, 0) is 17.9 Å².